The number of nitrogens with one attached hydrogen (secondary N) is 1. The highest BCUT2D eigenvalue weighted by Crippen LogP contribution is 2.23. The lowest BCUT2D eigenvalue weighted by atomic mass is 10.2. The monoisotopic (exact) mass is 307 g/mol. The lowest BCUT2D eigenvalue weighted by Crippen LogP contribution is -2.23. The predicted octanol–water partition coefficient (Wildman–Crippen LogP) is 2.58. The first-order chi connectivity index (χ1) is 8.36. The van der Waals surface area contributed by atoms with Gasteiger partial charge in [-0.2, -0.15) is 11.8 Å². The summed E-state index contributed by atoms with van der Waals surface area (Å²) in [6.45, 7) is 3.39. The standard InChI is InChI=1S/C12H18ClNO2S2/c1-9(17-2)7-14-8-10-11(13)5-4-6-12(10)18(3,15)16/h4-6,9,14H,7-8H2,1-3H3. The molecule has 0 radical (unpaired) electrons. The minimum atomic E-state index is -3.24. The second kappa shape index (κ2) is 6.80. The average Bonchev–Trinajstić information content (AvgIpc) is 2.29. The zero-order valence-corrected chi connectivity index (χ0v) is 13.1. The Bertz CT molecular complexity index is 503. The van der Waals surface area contributed by atoms with Crippen LogP contribution in [0.1, 0.15) is 12.5 Å². The van der Waals surface area contributed by atoms with E-state index in [9.17, 15) is 8.42 Å². The van der Waals surface area contributed by atoms with Crippen molar-refractivity contribution in [2.45, 2.75) is 23.6 Å². The molecule has 0 spiro atoms. The Morgan fingerprint density at radius 2 is 2.11 bits per heavy atom. The second-order valence-corrected chi connectivity index (χ2v) is 7.83. The van der Waals surface area contributed by atoms with Gasteiger partial charge in [0.05, 0.1) is 4.90 Å². The number of halogens is 1. The fourth-order valence-corrected chi connectivity index (χ4v) is 3.08. The molecule has 0 saturated carbocycles. The molecule has 3 nitrogen and oxygen atoms in total. The van der Waals surface area contributed by atoms with Crippen molar-refractivity contribution in [2.75, 3.05) is 19.1 Å². The normalized spacial score (nSPS) is 13.6. The van der Waals surface area contributed by atoms with Gasteiger partial charge >= 0.3 is 0 Å². The van der Waals surface area contributed by atoms with Crippen LogP contribution in [-0.2, 0) is 16.4 Å². The Labute approximate surface area is 118 Å². The first-order valence-corrected chi connectivity index (χ1v) is 9.13. The van der Waals surface area contributed by atoms with Gasteiger partial charge in [0.25, 0.3) is 0 Å². The first kappa shape index (κ1) is 15.8. The van der Waals surface area contributed by atoms with E-state index in [1.807, 2.05) is 6.26 Å². The third-order valence-electron chi connectivity index (χ3n) is 2.61. The zero-order valence-electron chi connectivity index (χ0n) is 10.7. The van der Waals surface area contributed by atoms with Gasteiger partial charge in [-0.3, -0.25) is 0 Å². The maximum Gasteiger partial charge on any atom is 0.175 e. The van der Waals surface area contributed by atoms with Crippen LogP contribution in [0, 0.1) is 0 Å². The van der Waals surface area contributed by atoms with Crippen LogP contribution < -0.4 is 5.32 Å². The highest BCUT2D eigenvalue weighted by Gasteiger charge is 2.15. The average molecular weight is 308 g/mol. The molecular formula is C12H18ClNO2S2. The number of hydrogen-bond donors (Lipinski definition) is 1. The summed E-state index contributed by atoms with van der Waals surface area (Å²) in [6, 6.07) is 4.97. The maximum atomic E-state index is 11.7. The van der Waals surface area contributed by atoms with Crippen molar-refractivity contribution in [2.24, 2.45) is 0 Å². The Hall–Kier alpha value is -0.230. The van der Waals surface area contributed by atoms with Gasteiger partial charge in [-0.05, 0) is 18.4 Å². The molecule has 18 heavy (non-hydrogen) atoms. The number of benzene rings is 1. The van der Waals surface area contributed by atoms with E-state index in [0.717, 1.165) is 6.54 Å². The lowest BCUT2D eigenvalue weighted by molar-refractivity contribution is 0.598. The van der Waals surface area contributed by atoms with E-state index in [1.165, 1.54) is 6.26 Å². The van der Waals surface area contributed by atoms with Gasteiger partial charge in [0.1, 0.15) is 0 Å². The second-order valence-electron chi connectivity index (χ2n) is 4.17. The van der Waals surface area contributed by atoms with Gasteiger partial charge in [-0.1, -0.05) is 24.6 Å². The fraction of sp³-hybridized carbons (Fsp3) is 0.500. The quantitative estimate of drug-likeness (QED) is 0.877. The molecule has 0 fully saturated rings. The van der Waals surface area contributed by atoms with E-state index in [2.05, 4.69) is 12.2 Å². The van der Waals surface area contributed by atoms with Gasteiger partial charge in [0.15, 0.2) is 9.84 Å². The van der Waals surface area contributed by atoms with Crippen molar-refractivity contribution >= 4 is 33.2 Å². The highest BCUT2D eigenvalue weighted by molar-refractivity contribution is 7.99. The van der Waals surface area contributed by atoms with Crippen LogP contribution >= 0.6 is 23.4 Å². The van der Waals surface area contributed by atoms with Gasteiger partial charge in [-0.15, -0.1) is 0 Å². The molecule has 6 heteroatoms. The van der Waals surface area contributed by atoms with Crippen LogP contribution in [0.2, 0.25) is 5.02 Å². The molecule has 1 atom stereocenters. The molecule has 102 valence electrons. The molecule has 1 aromatic carbocycles. The van der Waals surface area contributed by atoms with Gasteiger partial charge < -0.3 is 5.32 Å². The lowest BCUT2D eigenvalue weighted by Gasteiger charge is -2.13. The van der Waals surface area contributed by atoms with Crippen LogP contribution in [0.25, 0.3) is 0 Å². The van der Waals surface area contributed by atoms with E-state index in [1.54, 1.807) is 30.0 Å². The first-order valence-electron chi connectivity index (χ1n) is 5.57. The molecule has 0 aromatic heterocycles. The van der Waals surface area contributed by atoms with Crippen molar-refractivity contribution in [3.8, 4) is 0 Å². The highest BCUT2D eigenvalue weighted by atomic mass is 35.5. The molecule has 0 aliphatic carbocycles. The van der Waals surface area contributed by atoms with E-state index in [4.69, 9.17) is 11.6 Å². The van der Waals surface area contributed by atoms with Crippen molar-refractivity contribution < 1.29 is 8.42 Å². The molecule has 1 rings (SSSR count). The van der Waals surface area contributed by atoms with Gasteiger partial charge in [0.2, 0.25) is 0 Å². The van der Waals surface area contributed by atoms with Gasteiger partial charge in [0, 0.05) is 35.2 Å². The number of hydrogen-bond acceptors (Lipinski definition) is 4. The summed E-state index contributed by atoms with van der Waals surface area (Å²) in [5.41, 5.74) is 0.648. The molecule has 1 aromatic rings. The summed E-state index contributed by atoms with van der Waals surface area (Å²) >= 11 is 7.84. The van der Waals surface area contributed by atoms with Crippen LogP contribution in [-0.4, -0.2) is 32.7 Å². The third kappa shape index (κ3) is 4.46. The molecule has 0 aliphatic heterocycles. The Balaban J connectivity index is 2.88. The van der Waals surface area contributed by atoms with Crippen LogP contribution in [0.5, 0.6) is 0 Å². The van der Waals surface area contributed by atoms with Crippen LogP contribution in [0.4, 0.5) is 0 Å². The third-order valence-corrected chi connectivity index (χ3v) is 5.12. The van der Waals surface area contributed by atoms with Crippen LogP contribution in [0.15, 0.2) is 23.1 Å². The molecule has 0 saturated heterocycles. The minimum Gasteiger partial charge on any atom is -0.311 e. The van der Waals surface area contributed by atoms with Crippen molar-refractivity contribution in [3.63, 3.8) is 0 Å². The zero-order chi connectivity index (χ0) is 13.8. The molecular weight excluding hydrogens is 290 g/mol. The summed E-state index contributed by atoms with van der Waals surface area (Å²) < 4.78 is 23.3. The number of rotatable bonds is 6. The van der Waals surface area contributed by atoms with Crippen LogP contribution in [0.3, 0.4) is 0 Å². The molecule has 0 aliphatic rings. The molecule has 1 unspecified atom stereocenters. The van der Waals surface area contributed by atoms with Gasteiger partial charge in [-0.25, -0.2) is 8.42 Å². The predicted molar refractivity (Wildman–Crippen MR) is 79.2 cm³/mol. The molecule has 0 bridgehead atoms. The summed E-state index contributed by atoms with van der Waals surface area (Å²) in [5.74, 6) is 0. The van der Waals surface area contributed by atoms with E-state index in [0.29, 0.717) is 27.3 Å². The van der Waals surface area contributed by atoms with E-state index in [-0.39, 0.29) is 0 Å². The van der Waals surface area contributed by atoms with Crippen molar-refractivity contribution in [3.05, 3.63) is 28.8 Å². The van der Waals surface area contributed by atoms with E-state index >= 15 is 0 Å². The molecule has 0 amide bonds. The molecule has 0 heterocycles. The summed E-state index contributed by atoms with van der Waals surface area (Å²) in [7, 11) is -3.24. The SMILES string of the molecule is CSC(C)CNCc1c(Cl)cccc1S(C)(=O)=O. The maximum absolute atomic E-state index is 11.7. The summed E-state index contributed by atoms with van der Waals surface area (Å²) in [6.07, 6.45) is 3.25. The minimum absolute atomic E-state index is 0.305. The number of sulfone groups is 1. The fourth-order valence-electron chi connectivity index (χ4n) is 1.54. The topological polar surface area (TPSA) is 46.2 Å². The Morgan fingerprint density at radius 3 is 2.67 bits per heavy atom. The smallest absolute Gasteiger partial charge is 0.175 e. The largest absolute Gasteiger partial charge is 0.311 e. The Morgan fingerprint density at radius 1 is 1.44 bits per heavy atom. The summed E-state index contributed by atoms with van der Waals surface area (Å²) in [4.78, 5) is 0.305. The number of thioether (sulfide) groups is 1. The summed E-state index contributed by atoms with van der Waals surface area (Å²) in [5, 5.41) is 4.20. The van der Waals surface area contributed by atoms with Crippen molar-refractivity contribution in [1.29, 1.82) is 0 Å². The van der Waals surface area contributed by atoms with E-state index < -0.39 is 9.84 Å². The Kier molecular flexibility index (Phi) is 5.98. The molecule has 1 N–H and O–H groups in total. The van der Waals surface area contributed by atoms with Crippen molar-refractivity contribution in [1.82, 2.24) is 5.32 Å².